The molecule has 6 heteroatoms. The third kappa shape index (κ3) is 3.51. The second kappa shape index (κ2) is 7.74. The highest BCUT2D eigenvalue weighted by Crippen LogP contribution is 2.29. The number of aromatic nitrogens is 5. The topological polar surface area (TPSA) is 59.7 Å². The minimum absolute atomic E-state index is 0.385. The molecule has 1 saturated heterocycles. The van der Waals surface area contributed by atoms with E-state index in [1.54, 1.807) is 12.4 Å². The highest BCUT2D eigenvalue weighted by molar-refractivity contribution is 5.33. The summed E-state index contributed by atoms with van der Waals surface area (Å²) in [7, 11) is 0. The van der Waals surface area contributed by atoms with Gasteiger partial charge in [0, 0.05) is 62.6 Å². The number of nitrogens with zero attached hydrogens (tertiary/aromatic N) is 6. The van der Waals surface area contributed by atoms with Crippen molar-refractivity contribution in [3.8, 4) is 5.82 Å². The maximum absolute atomic E-state index is 4.73. The molecule has 26 heavy (non-hydrogen) atoms. The Bertz CT molecular complexity index is 844. The Labute approximate surface area is 154 Å². The zero-order valence-corrected chi connectivity index (χ0v) is 15.1. The first-order valence-corrected chi connectivity index (χ1v) is 9.30. The van der Waals surface area contributed by atoms with E-state index in [4.69, 9.17) is 4.98 Å². The van der Waals surface area contributed by atoms with E-state index in [9.17, 15) is 0 Å². The van der Waals surface area contributed by atoms with Gasteiger partial charge in [0.05, 0.1) is 5.69 Å². The predicted octanol–water partition coefficient (Wildman–Crippen LogP) is 3.00. The van der Waals surface area contributed by atoms with Crippen molar-refractivity contribution in [3.63, 3.8) is 0 Å². The van der Waals surface area contributed by atoms with E-state index in [2.05, 4.69) is 37.4 Å². The lowest BCUT2D eigenvalue weighted by Gasteiger charge is -2.33. The average molecular weight is 348 g/mol. The first kappa shape index (κ1) is 16.8. The average Bonchev–Trinajstić information content (AvgIpc) is 3.18. The van der Waals surface area contributed by atoms with Crippen molar-refractivity contribution in [1.29, 1.82) is 0 Å². The van der Waals surface area contributed by atoms with Crippen LogP contribution in [0.2, 0.25) is 0 Å². The minimum atomic E-state index is 0.385. The molecule has 1 atom stereocenters. The molecular weight excluding hydrogens is 324 g/mol. The number of hydrogen-bond donors (Lipinski definition) is 0. The fourth-order valence-corrected chi connectivity index (χ4v) is 3.78. The molecule has 0 N–H and O–H groups in total. The van der Waals surface area contributed by atoms with Gasteiger partial charge in [-0.2, -0.15) is 0 Å². The molecule has 0 aliphatic carbocycles. The summed E-state index contributed by atoms with van der Waals surface area (Å²) in [6, 6.07) is 4.15. The molecule has 4 heterocycles. The summed E-state index contributed by atoms with van der Waals surface area (Å²) in [5.41, 5.74) is 2.34. The molecule has 134 valence electrons. The summed E-state index contributed by atoms with van der Waals surface area (Å²) >= 11 is 0. The normalized spacial score (nSPS) is 18.1. The summed E-state index contributed by atoms with van der Waals surface area (Å²) in [4.78, 5) is 20.6. The lowest BCUT2D eigenvalue weighted by molar-refractivity contribution is 0.198. The van der Waals surface area contributed by atoms with E-state index in [1.807, 2.05) is 30.9 Å². The quantitative estimate of drug-likeness (QED) is 0.709. The summed E-state index contributed by atoms with van der Waals surface area (Å²) in [6.45, 7) is 5.17. The molecule has 0 amide bonds. The minimum Gasteiger partial charge on any atom is -0.298 e. The third-order valence-electron chi connectivity index (χ3n) is 4.99. The van der Waals surface area contributed by atoms with Gasteiger partial charge in [-0.15, -0.1) is 0 Å². The highest BCUT2D eigenvalue weighted by Gasteiger charge is 2.26. The number of likely N-dealkylation sites (tertiary alicyclic amines) is 1. The van der Waals surface area contributed by atoms with Crippen LogP contribution >= 0.6 is 0 Å². The van der Waals surface area contributed by atoms with E-state index < -0.39 is 0 Å². The van der Waals surface area contributed by atoms with Gasteiger partial charge in [-0.05, 0) is 31.0 Å². The van der Waals surface area contributed by atoms with Crippen molar-refractivity contribution in [2.45, 2.75) is 38.6 Å². The standard InChI is InChI=1S/C20H24N6/c1-2-18-22-10-12-26(18)20-19(23-8-9-24-20)17-6-4-11-25(15-17)14-16-5-3-7-21-13-16/h3,5,7-10,12-13,17H,2,4,6,11,14-15H2,1H3/t17-/m0/s1. The lowest BCUT2D eigenvalue weighted by Crippen LogP contribution is -2.34. The van der Waals surface area contributed by atoms with Crippen LogP contribution in [-0.4, -0.2) is 42.5 Å². The molecule has 1 aliphatic rings. The predicted molar refractivity (Wildman–Crippen MR) is 100 cm³/mol. The second-order valence-corrected chi connectivity index (χ2v) is 6.77. The van der Waals surface area contributed by atoms with Crippen molar-refractivity contribution in [2.24, 2.45) is 0 Å². The van der Waals surface area contributed by atoms with Crippen molar-refractivity contribution in [1.82, 2.24) is 29.4 Å². The van der Waals surface area contributed by atoms with Crippen LogP contribution < -0.4 is 0 Å². The molecule has 0 bridgehead atoms. The number of aryl methyl sites for hydroxylation is 1. The van der Waals surface area contributed by atoms with Crippen LogP contribution in [0.4, 0.5) is 0 Å². The first-order valence-electron chi connectivity index (χ1n) is 9.30. The van der Waals surface area contributed by atoms with Crippen molar-refractivity contribution >= 4 is 0 Å². The largest absolute Gasteiger partial charge is 0.298 e. The Morgan fingerprint density at radius 2 is 2.04 bits per heavy atom. The van der Waals surface area contributed by atoms with Crippen molar-refractivity contribution in [3.05, 3.63) is 66.4 Å². The third-order valence-corrected chi connectivity index (χ3v) is 4.99. The molecule has 0 saturated carbocycles. The highest BCUT2D eigenvalue weighted by atomic mass is 15.2. The molecule has 1 aliphatic heterocycles. The Balaban J connectivity index is 1.58. The van der Waals surface area contributed by atoms with Gasteiger partial charge < -0.3 is 0 Å². The number of imidazole rings is 1. The smallest absolute Gasteiger partial charge is 0.160 e. The zero-order valence-electron chi connectivity index (χ0n) is 15.1. The number of pyridine rings is 1. The van der Waals surface area contributed by atoms with Crippen LogP contribution in [0.3, 0.4) is 0 Å². The summed E-state index contributed by atoms with van der Waals surface area (Å²) < 4.78 is 2.09. The summed E-state index contributed by atoms with van der Waals surface area (Å²) in [6.07, 6.45) is 14.4. The van der Waals surface area contributed by atoms with E-state index in [-0.39, 0.29) is 0 Å². The zero-order chi connectivity index (χ0) is 17.8. The van der Waals surface area contributed by atoms with E-state index in [0.717, 1.165) is 49.8 Å². The Morgan fingerprint density at radius 1 is 1.12 bits per heavy atom. The molecule has 0 spiro atoms. The molecule has 0 unspecified atom stereocenters. The molecule has 0 aromatic carbocycles. The Morgan fingerprint density at radius 3 is 2.88 bits per heavy atom. The number of rotatable bonds is 5. The van der Waals surface area contributed by atoms with Crippen LogP contribution in [0.1, 0.15) is 42.8 Å². The fraction of sp³-hybridized carbons (Fsp3) is 0.400. The van der Waals surface area contributed by atoms with Gasteiger partial charge in [-0.3, -0.25) is 19.4 Å². The van der Waals surface area contributed by atoms with Gasteiger partial charge in [-0.25, -0.2) is 9.97 Å². The number of hydrogen-bond acceptors (Lipinski definition) is 5. The van der Waals surface area contributed by atoms with E-state index in [0.29, 0.717) is 5.92 Å². The monoisotopic (exact) mass is 348 g/mol. The molecule has 3 aromatic heterocycles. The molecule has 4 rings (SSSR count). The van der Waals surface area contributed by atoms with E-state index >= 15 is 0 Å². The fourth-order valence-electron chi connectivity index (χ4n) is 3.78. The van der Waals surface area contributed by atoms with Gasteiger partial charge in [0.2, 0.25) is 0 Å². The van der Waals surface area contributed by atoms with Crippen molar-refractivity contribution < 1.29 is 0 Å². The Hall–Kier alpha value is -2.60. The SMILES string of the molecule is CCc1nccn1-c1nccnc1[C@H]1CCCN(Cc2cccnc2)C1. The molecule has 3 aromatic rings. The van der Waals surface area contributed by atoms with Crippen LogP contribution in [0.15, 0.2) is 49.3 Å². The van der Waals surface area contributed by atoms with Gasteiger partial charge in [0.15, 0.2) is 5.82 Å². The Kier molecular flexibility index (Phi) is 5.02. The van der Waals surface area contributed by atoms with Crippen molar-refractivity contribution in [2.75, 3.05) is 13.1 Å². The molecular formula is C20H24N6. The van der Waals surface area contributed by atoms with Crippen LogP contribution in [-0.2, 0) is 13.0 Å². The van der Waals surface area contributed by atoms with Crippen LogP contribution in [0, 0.1) is 0 Å². The van der Waals surface area contributed by atoms with Gasteiger partial charge in [0.1, 0.15) is 5.82 Å². The molecule has 6 nitrogen and oxygen atoms in total. The molecule has 1 fully saturated rings. The number of piperidine rings is 1. The maximum Gasteiger partial charge on any atom is 0.160 e. The lowest BCUT2D eigenvalue weighted by atomic mass is 9.94. The summed E-state index contributed by atoms with van der Waals surface area (Å²) in [5, 5.41) is 0. The van der Waals surface area contributed by atoms with Crippen LogP contribution in [0.5, 0.6) is 0 Å². The summed E-state index contributed by atoms with van der Waals surface area (Å²) in [5.74, 6) is 2.33. The second-order valence-electron chi connectivity index (χ2n) is 6.77. The van der Waals surface area contributed by atoms with Gasteiger partial charge >= 0.3 is 0 Å². The van der Waals surface area contributed by atoms with Crippen LogP contribution in [0.25, 0.3) is 5.82 Å². The first-order chi connectivity index (χ1) is 12.8. The van der Waals surface area contributed by atoms with Gasteiger partial charge in [-0.1, -0.05) is 13.0 Å². The molecule has 0 radical (unpaired) electrons. The van der Waals surface area contributed by atoms with Gasteiger partial charge in [0.25, 0.3) is 0 Å². The van der Waals surface area contributed by atoms with E-state index in [1.165, 1.54) is 12.0 Å². The maximum atomic E-state index is 4.73.